The number of carbonyl (C=O) groups is 2. The first-order valence-corrected chi connectivity index (χ1v) is 7.68. The lowest BCUT2D eigenvalue weighted by atomic mass is 10.1. The maximum Gasteiger partial charge on any atom is 0.227 e. The number of benzene rings is 1. The Kier molecular flexibility index (Phi) is 4.99. The molecule has 1 aliphatic heterocycles. The number of hydrogen-bond acceptors (Lipinski definition) is 2. The van der Waals surface area contributed by atoms with E-state index in [9.17, 15) is 9.59 Å². The summed E-state index contributed by atoms with van der Waals surface area (Å²) in [5, 5.41) is 2.92. The van der Waals surface area contributed by atoms with Gasteiger partial charge in [0.1, 0.15) is 0 Å². The summed E-state index contributed by atoms with van der Waals surface area (Å²) in [6, 6.07) is 6.04. The average Bonchev–Trinajstić information content (AvgIpc) is 2.81. The lowest BCUT2D eigenvalue weighted by Crippen LogP contribution is -2.33. The molecule has 114 valence electrons. The smallest absolute Gasteiger partial charge is 0.227 e. The third-order valence-corrected chi connectivity index (χ3v) is 3.97. The van der Waals surface area contributed by atoms with Crippen molar-refractivity contribution >= 4 is 17.5 Å². The third-order valence-electron chi connectivity index (χ3n) is 3.97. The fourth-order valence-electron chi connectivity index (χ4n) is 2.76. The van der Waals surface area contributed by atoms with Gasteiger partial charge in [0, 0.05) is 25.2 Å². The summed E-state index contributed by atoms with van der Waals surface area (Å²) in [4.78, 5) is 26.0. The number of unbranched alkanes of at least 4 members (excludes halogenated alkanes) is 1. The van der Waals surface area contributed by atoms with Crippen molar-refractivity contribution in [2.45, 2.75) is 40.0 Å². The van der Waals surface area contributed by atoms with Crippen LogP contribution in [0.15, 0.2) is 18.2 Å². The van der Waals surface area contributed by atoms with E-state index in [-0.39, 0.29) is 17.7 Å². The number of carbonyl (C=O) groups excluding carboxylic acids is 2. The predicted octanol–water partition coefficient (Wildman–Crippen LogP) is 2.57. The Morgan fingerprint density at radius 1 is 1.38 bits per heavy atom. The first-order valence-electron chi connectivity index (χ1n) is 7.68. The Bertz CT molecular complexity index is 540. The normalized spacial score (nSPS) is 18.1. The van der Waals surface area contributed by atoms with Gasteiger partial charge < -0.3 is 10.2 Å². The van der Waals surface area contributed by atoms with Crippen LogP contribution in [0.1, 0.15) is 37.3 Å². The van der Waals surface area contributed by atoms with Crippen molar-refractivity contribution in [1.29, 1.82) is 0 Å². The maximum absolute atomic E-state index is 12.2. The third kappa shape index (κ3) is 3.63. The molecule has 0 bridgehead atoms. The first kappa shape index (κ1) is 15.5. The van der Waals surface area contributed by atoms with E-state index in [1.54, 1.807) is 4.90 Å². The Balaban J connectivity index is 2.04. The van der Waals surface area contributed by atoms with Gasteiger partial charge in [0.2, 0.25) is 11.8 Å². The van der Waals surface area contributed by atoms with Gasteiger partial charge in [-0.25, -0.2) is 0 Å². The fourth-order valence-corrected chi connectivity index (χ4v) is 2.76. The highest BCUT2D eigenvalue weighted by Crippen LogP contribution is 2.28. The fraction of sp³-hybridized carbons (Fsp3) is 0.529. The first-order chi connectivity index (χ1) is 10.0. The summed E-state index contributed by atoms with van der Waals surface area (Å²) < 4.78 is 0. The van der Waals surface area contributed by atoms with Crippen molar-refractivity contribution in [3.05, 3.63) is 29.3 Å². The van der Waals surface area contributed by atoms with Crippen molar-refractivity contribution in [1.82, 2.24) is 5.32 Å². The van der Waals surface area contributed by atoms with Crippen LogP contribution in [0.3, 0.4) is 0 Å². The van der Waals surface area contributed by atoms with Crippen LogP contribution < -0.4 is 10.2 Å². The molecule has 1 aromatic rings. The Hall–Kier alpha value is -1.84. The van der Waals surface area contributed by atoms with E-state index in [1.165, 1.54) is 5.56 Å². The molecule has 0 spiro atoms. The van der Waals surface area contributed by atoms with Crippen LogP contribution >= 0.6 is 0 Å². The Labute approximate surface area is 126 Å². The highest BCUT2D eigenvalue weighted by atomic mass is 16.2. The quantitative estimate of drug-likeness (QED) is 0.847. The highest BCUT2D eigenvalue weighted by molar-refractivity contribution is 6.00. The van der Waals surface area contributed by atoms with Crippen molar-refractivity contribution in [3.63, 3.8) is 0 Å². The molecular formula is C17H24N2O2. The zero-order valence-electron chi connectivity index (χ0n) is 13.1. The van der Waals surface area contributed by atoms with Gasteiger partial charge in [-0.05, 0) is 31.9 Å². The topological polar surface area (TPSA) is 49.4 Å². The summed E-state index contributed by atoms with van der Waals surface area (Å²) in [7, 11) is 0. The molecule has 1 atom stereocenters. The van der Waals surface area contributed by atoms with Crippen LogP contribution in [-0.2, 0) is 9.59 Å². The van der Waals surface area contributed by atoms with Gasteiger partial charge >= 0.3 is 0 Å². The molecule has 4 nitrogen and oxygen atoms in total. The maximum atomic E-state index is 12.2. The lowest BCUT2D eigenvalue weighted by Gasteiger charge is -2.19. The molecule has 4 heteroatoms. The van der Waals surface area contributed by atoms with E-state index < -0.39 is 0 Å². The number of aryl methyl sites for hydroxylation is 2. The Morgan fingerprint density at radius 3 is 2.81 bits per heavy atom. The minimum Gasteiger partial charge on any atom is -0.356 e. The molecule has 1 aromatic carbocycles. The van der Waals surface area contributed by atoms with Crippen LogP contribution in [-0.4, -0.2) is 24.9 Å². The lowest BCUT2D eigenvalue weighted by molar-refractivity contribution is -0.126. The van der Waals surface area contributed by atoms with Gasteiger partial charge in [-0.15, -0.1) is 0 Å². The molecule has 1 N–H and O–H groups in total. The summed E-state index contributed by atoms with van der Waals surface area (Å²) >= 11 is 0. The molecule has 0 saturated carbocycles. The molecule has 0 aliphatic carbocycles. The van der Waals surface area contributed by atoms with E-state index in [2.05, 4.69) is 18.3 Å². The van der Waals surface area contributed by atoms with Crippen LogP contribution in [0, 0.1) is 19.8 Å². The molecule has 2 rings (SSSR count). The summed E-state index contributed by atoms with van der Waals surface area (Å²) in [5.74, 6) is -0.184. The molecular weight excluding hydrogens is 264 g/mol. The minimum atomic E-state index is -0.227. The van der Waals surface area contributed by atoms with Crippen LogP contribution in [0.5, 0.6) is 0 Å². The van der Waals surface area contributed by atoms with Gasteiger partial charge in [-0.2, -0.15) is 0 Å². The van der Waals surface area contributed by atoms with Crippen LogP contribution in [0.25, 0.3) is 0 Å². The molecule has 1 heterocycles. The second kappa shape index (κ2) is 6.74. The van der Waals surface area contributed by atoms with Crippen molar-refractivity contribution < 1.29 is 9.59 Å². The van der Waals surface area contributed by atoms with Gasteiger partial charge in [-0.3, -0.25) is 9.59 Å². The standard InChI is InChI=1S/C17H24N2O2/c1-4-5-8-18-17(21)14-10-16(20)19(11-14)15-7-6-12(2)9-13(15)3/h6-7,9,14H,4-5,8,10-11H2,1-3H3,(H,18,21)/t14-/m0/s1. The molecule has 2 amide bonds. The second-order valence-corrected chi connectivity index (χ2v) is 5.84. The highest BCUT2D eigenvalue weighted by Gasteiger charge is 2.35. The van der Waals surface area contributed by atoms with Crippen molar-refractivity contribution in [2.24, 2.45) is 5.92 Å². The summed E-state index contributed by atoms with van der Waals surface area (Å²) in [5.41, 5.74) is 3.18. The molecule has 0 aromatic heterocycles. The number of rotatable bonds is 5. The predicted molar refractivity (Wildman–Crippen MR) is 84.3 cm³/mol. The Morgan fingerprint density at radius 2 is 2.14 bits per heavy atom. The SMILES string of the molecule is CCCCNC(=O)[C@H]1CC(=O)N(c2ccc(C)cc2C)C1. The number of nitrogens with zero attached hydrogens (tertiary/aromatic N) is 1. The number of hydrogen-bond donors (Lipinski definition) is 1. The van der Waals surface area contributed by atoms with Crippen LogP contribution in [0.2, 0.25) is 0 Å². The molecule has 1 fully saturated rings. The average molecular weight is 288 g/mol. The number of amides is 2. The van der Waals surface area contributed by atoms with E-state index in [4.69, 9.17) is 0 Å². The van der Waals surface area contributed by atoms with E-state index in [0.29, 0.717) is 19.5 Å². The summed E-state index contributed by atoms with van der Waals surface area (Å²) in [6.07, 6.45) is 2.34. The van der Waals surface area contributed by atoms with Crippen molar-refractivity contribution in [2.75, 3.05) is 18.0 Å². The molecule has 1 aliphatic rings. The van der Waals surface area contributed by atoms with Crippen LogP contribution in [0.4, 0.5) is 5.69 Å². The minimum absolute atomic E-state index is 0.00376. The molecule has 21 heavy (non-hydrogen) atoms. The van der Waals surface area contributed by atoms with Gasteiger partial charge in [0.25, 0.3) is 0 Å². The van der Waals surface area contributed by atoms with Gasteiger partial charge in [-0.1, -0.05) is 31.0 Å². The molecule has 1 saturated heterocycles. The number of nitrogens with one attached hydrogen (secondary N) is 1. The summed E-state index contributed by atoms with van der Waals surface area (Å²) in [6.45, 7) is 7.31. The van der Waals surface area contributed by atoms with Gasteiger partial charge in [0.05, 0.1) is 5.92 Å². The zero-order chi connectivity index (χ0) is 15.4. The largest absolute Gasteiger partial charge is 0.356 e. The monoisotopic (exact) mass is 288 g/mol. The number of anilines is 1. The van der Waals surface area contributed by atoms with E-state index in [1.807, 2.05) is 26.0 Å². The molecule has 0 unspecified atom stereocenters. The van der Waals surface area contributed by atoms with Gasteiger partial charge in [0.15, 0.2) is 0 Å². The van der Waals surface area contributed by atoms with E-state index in [0.717, 1.165) is 24.1 Å². The second-order valence-electron chi connectivity index (χ2n) is 5.84. The van der Waals surface area contributed by atoms with E-state index >= 15 is 0 Å². The van der Waals surface area contributed by atoms with Crippen molar-refractivity contribution in [3.8, 4) is 0 Å². The zero-order valence-corrected chi connectivity index (χ0v) is 13.1. The molecule has 0 radical (unpaired) electrons.